The van der Waals surface area contributed by atoms with Crippen LogP contribution in [0, 0.1) is 0 Å². The summed E-state index contributed by atoms with van der Waals surface area (Å²) in [4.78, 5) is 32.3. The van der Waals surface area contributed by atoms with Crippen LogP contribution in [0.2, 0.25) is 0 Å². The summed E-state index contributed by atoms with van der Waals surface area (Å²) in [5.41, 5.74) is 1.61. The molecule has 1 heterocycles. The van der Waals surface area contributed by atoms with Crippen molar-refractivity contribution < 1.29 is 14.3 Å². The Kier molecular flexibility index (Phi) is 6.06. The Hall–Kier alpha value is -2.89. The van der Waals surface area contributed by atoms with Gasteiger partial charge in [-0.15, -0.1) is 0 Å². The molecule has 0 bridgehead atoms. The molecule has 1 fully saturated rings. The third kappa shape index (κ3) is 4.45. The maximum atomic E-state index is 12.7. The number of H-pyrrole nitrogens is 1. The first-order valence-electron chi connectivity index (χ1n) is 9.15. The number of hydrogen-bond donors (Lipinski definition) is 1. The Morgan fingerprint density at radius 1 is 1.15 bits per heavy atom. The van der Waals surface area contributed by atoms with Gasteiger partial charge >= 0.3 is 5.97 Å². The molecule has 0 radical (unpaired) electrons. The van der Waals surface area contributed by atoms with Crippen molar-refractivity contribution in [1.82, 2.24) is 4.98 Å². The number of nitrogens with one attached hydrogen (secondary N) is 1. The molecule has 0 spiro atoms. The van der Waals surface area contributed by atoms with Crippen molar-refractivity contribution >= 4 is 12.2 Å². The lowest BCUT2D eigenvalue weighted by molar-refractivity contribution is 0.0594. The third-order valence-corrected chi connectivity index (χ3v) is 4.84. The highest BCUT2D eigenvalue weighted by atomic mass is 16.5. The summed E-state index contributed by atoms with van der Waals surface area (Å²) < 4.78 is 9.94. The van der Waals surface area contributed by atoms with Gasteiger partial charge in [-0.05, 0) is 42.7 Å². The molecule has 27 heavy (non-hydrogen) atoms. The smallest absolute Gasteiger partial charge is 0.354 e. The quantitative estimate of drug-likeness (QED) is 0.646. The second-order valence-corrected chi connectivity index (χ2v) is 6.63. The van der Waals surface area contributed by atoms with Gasteiger partial charge in [-0.25, -0.2) is 4.79 Å². The summed E-state index contributed by atoms with van der Waals surface area (Å²) in [6.07, 6.45) is 7.34. The first-order valence-corrected chi connectivity index (χ1v) is 9.15. The molecule has 0 aliphatic heterocycles. The Bertz CT molecular complexity index is 878. The molecule has 1 saturated carbocycles. The number of pyridine rings is 1. The molecule has 1 aliphatic carbocycles. The van der Waals surface area contributed by atoms with E-state index in [4.69, 9.17) is 9.47 Å². The predicted molar refractivity (Wildman–Crippen MR) is 105 cm³/mol. The minimum atomic E-state index is -0.586. The summed E-state index contributed by atoms with van der Waals surface area (Å²) in [6.45, 7) is 0. The van der Waals surface area contributed by atoms with Gasteiger partial charge in [0.25, 0.3) is 0 Å². The molecule has 1 aromatic heterocycles. The molecule has 1 aliphatic rings. The lowest BCUT2D eigenvalue weighted by Gasteiger charge is -2.17. The summed E-state index contributed by atoms with van der Waals surface area (Å²) in [5, 5.41) is 0. The highest BCUT2D eigenvalue weighted by molar-refractivity contribution is 5.93. The molecule has 6 heteroatoms. The number of ether oxygens (including phenoxy) is 2. The second-order valence-electron chi connectivity index (χ2n) is 6.63. The maximum Gasteiger partial charge on any atom is 0.354 e. The van der Waals surface area contributed by atoms with Crippen molar-refractivity contribution in [2.45, 2.75) is 38.1 Å². The van der Waals surface area contributed by atoms with Gasteiger partial charge in [-0.2, -0.15) is 0 Å². The van der Waals surface area contributed by atoms with E-state index in [0.717, 1.165) is 18.4 Å². The van der Waals surface area contributed by atoms with E-state index in [1.807, 2.05) is 12.1 Å². The van der Waals surface area contributed by atoms with E-state index >= 15 is 0 Å². The van der Waals surface area contributed by atoms with Gasteiger partial charge in [0.1, 0.15) is 11.4 Å². The molecule has 142 valence electrons. The number of rotatable bonds is 5. The van der Waals surface area contributed by atoms with Crippen molar-refractivity contribution in [3.8, 4) is 17.0 Å². The molecular formula is C21H24N2O4. The second kappa shape index (κ2) is 8.66. The van der Waals surface area contributed by atoms with Crippen LogP contribution in [0.1, 0.15) is 48.2 Å². The lowest BCUT2D eigenvalue weighted by atomic mass is 9.96. The fraction of sp³-hybridized carbons (Fsp3) is 0.381. The Morgan fingerprint density at radius 2 is 1.85 bits per heavy atom. The van der Waals surface area contributed by atoms with Crippen molar-refractivity contribution in [2.75, 3.05) is 14.2 Å². The minimum Gasteiger partial charge on any atom is -0.497 e. The number of benzene rings is 1. The monoisotopic (exact) mass is 368 g/mol. The van der Waals surface area contributed by atoms with Gasteiger partial charge in [-0.3, -0.25) is 9.79 Å². The molecule has 0 unspecified atom stereocenters. The normalized spacial score (nSPS) is 15.0. The molecular weight excluding hydrogens is 344 g/mol. The minimum absolute atomic E-state index is 0.114. The zero-order valence-corrected chi connectivity index (χ0v) is 15.7. The Morgan fingerprint density at radius 3 is 2.48 bits per heavy atom. The van der Waals surface area contributed by atoms with E-state index in [1.165, 1.54) is 32.4 Å². The molecule has 2 aromatic rings. The van der Waals surface area contributed by atoms with E-state index in [-0.39, 0.29) is 17.2 Å². The van der Waals surface area contributed by atoms with Crippen molar-refractivity contribution in [3.63, 3.8) is 0 Å². The molecule has 6 nitrogen and oxygen atoms in total. The maximum absolute atomic E-state index is 12.7. The fourth-order valence-corrected chi connectivity index (χ4v) is 3.31. The van der Waals surface area contributed by atoms with Crippen LogP contribution in [0.3, 0.4) is 0 Å². The van der Waals surface area contributed by atoms with Crippen LogP contribution in [0.5, 0.6) is 5.75 Å². The van der Waals surface area contributed by atoms with Gasteiger partial charge in [0, 0.05) is 18.3 Å². The summed E-state index contributed by atoms with van der Waals surface area (Å²) in [7, 11) is 2.88. The molecule has 1 N–H and O–H groups in total. The van der Waals surface area contributed by atoms with Crippen molar-refractivity contribution in [2.24, 2.45) is 4.99 Å². The number of aliphatic imine (C=N–C) groups is 1. The average molecular weight is 368 g/mol. The van der Waals surface area contributed by atoms with Gasteiger partial charge in [0.05, 0.1) is 25.5 Å². The number of hydrogen-bond acceptors (Lipinski definition) is 5. The van der Waals surface area contributed by atoms with Crippen molar-refractivity contribution in [1.29, 1.82) is 0 Å². The molecule has 3 rings (SSSR count). The summed E-state index contributed by atoms with van der Waals surface area (Å²) >= 11 is 0. The number of esters is 1. The Labute approximate surface area is 158 Å². The van der Waals surface area contributed by atoms with Gasteiger partial charge in [0.2, 0.25) is 0 Å². The van der Waals surface area contributed by atoms with E-state index in [9.17, 15) is 9.59 Å². The standard InChI is InChI=1S/C21H24N2O4/c1-26-16-10-8-14(9-11-16)20-17(13-22-15-6-4-3-5-7-15)19(24)12-18(23-20)21(25)27-2/h8-13,15H,3-7H2,1-2H3,(H,23,24). The molecule has 1 aromatic carbocycles. The van der Waals surface area contributed by atoms with Crippen LogP contribution in [0.4, 0.5) is 0 Å². The first kappa shape index (κ1) is 18.9. The Balaban J connectivity index is 2.05. The van der Waals surface area contributed by atoms with Crippen LogP contribution in [0.15, 0.2) is 40.1 Å². The third-order valence-electron chi connectivity index (χ3n) is 4.84. The molecule has 0 saturated heterocycles. The predicted octanol–water partition coefficient (Wildman–Crippen LogP) is 3.59. The van der Waals surface area contributed by atoms with Gasteiger partial charge < -0.3 is 14.5 Å². The number of aromatic nitrogens is 1. The zero-order valence-electron chi connectivity index (χ0n) is 15.7. The number of methoxy groups -OCH3 is 2. The van der Waals surface area contributed by atoms with E-state index < -0.39 is 5.97 Å². The number of aromatic amines is 1. The van der Waals surface area contributed by atoms with Crippen LogP contribution in [-0.2, 0) is 4.74 Å². The number of nitrogens with zero attached hydrogens (tertiary/aromatic N) is 1. The average Bonchev–Trinajstić information content (AvgIpc) is 2.72. The lowest BCUT2D eigenvalue weighted by Crippen LogP contribution is -2.18. The van der Waals surface area contributed by atoms with Gasteiger partial charge in [-0.1, -0.05) is 19.3 Å². The van der Waals surface area contributed by atoms with E-state index in [2.05, 4.69) is 9.98 Å². The zero-order chi connectivity index (χ0) is 19.2. The highest BCUT2D eigenvalue weighted by Crippen LogP contribution is 2.24. The first-order chi connectivity index (χ1) is 13.1. The van der Waals surface area contributed by atoms with Crippen LogP contribution < -0.4 is 10.2 Å². The molecule has 0 amide bonds. The summed E-state index contributed by atoms with van der Waals surface area (Å²) in [6, 6.07) is 8.80. The SMILES string of the molecule is COC(=O)c1cc(=O)c(C=NC2CCCCC2)c(-c2ccc(OC)cc2)[nH]1. The van der Waals surface area contributed by atoms with E-state index in [0.29, 0.717) is 17.0 Å². The fourth-order valence-electron chi connectivity index (χ4n) is 3.31. The van der Waals surface area contributed by atoms with E-state index in [1.54, 1.807) is 25.5 Å². The van der Waals surface area contributed by atoms with Gasteiger partial charge in [0.15, 0.2) is 5.43 Å². The molecule has 0 atom stereocenters. The number of carbonyl (C=O) groups is 1. The van der Waals surface area contributed by atoms with Crippen LogP contribution in [-0.4, -0.2) is 37.4 Å². The van der Waals surface area contributed by atoms with Crippen LogP contribution >= 0.6 is 0 Å². The summed E-state index contributed by atoms with van der Waals surface area (Å²) in [5.74, 6) is 0.125. The highest BCUT2D eigenvalue weighted by Gasteiger charge is 2.16. The van der Waals surface area contributed by atoms with Crippen molar-refractivity contribution in [3.05, 3.63) is 51.8 Å². The number of carbonyl (C=O) groups excluding carboxylic acids is 1. The largest absolute Gasteiger partial charge is 0.497 e. The topological polar surface area (TPSA) is 80.8 Å². The van der Waals surface area contributed by atoms with Crippen LogP contribution in [0.25, 0.3) is 11.3 Å².